The Hall–Kier alpha value is -0.292. The molecular weight excluding hydrogens is 389 g/mol. The molecule has 148 valence electrons. The van der Waals surface area contributed by atoms with Gasteiger partial charge in [-0.15, -0.1) is 0 Å². The van der Waals surface area contributed by atoms with Crippen LogP contribution in [-0.4, -0.2) is 33.8 Å². The van der Waals surface area contributed by atoms with Gasteiger partial charge in [0.05, 0.1) is 0 Å². The van der Waals surface area contributed by atoms with Crippen LogP contribution in [0.5, 0.6) is 0 Å². The summed E-state index contributed by atoms with van der Waals surface area (Å²) in [6, 6.07) is 8.61. The van der Waals surface area contributed by atoms with Gasteiger partial charge in [0.2, 0.25) is 0 Å². The fraction of sp³-hybridized carbons (Fsp3) is 0.579. The van der Waals surface area contributed by atoms with Crippen LogP contribution in [0.2, 0.25) is 58.9 Å². The summed E-state index contributed by atoms with van der Waals surface area (Å²) in [7, 11) is -8.57. The smallest absolute Gasteiger partial charge is 0.414 e. The topological polar surface area (TPSA) is 27.7 Å². The van der Waals surface area contributed by atoms with Crippen LogP contribution in [0.3, 0.4) is 0 Å². The molecule has 0 radical (unpaired) electrons. The monoisotopic (exact) mass is 426 g/mol. The molecule has 0 bridgehead atoms. The molecule has 0 heterocycles. The third-order valence-corrected chi connectivity index (χ3v) is 14.7. The van der Waals surface area contributed by atoms with Crippen molar-refractivity contribution in [3.63, 3.8) is 0 Å². The summed E-state index contributed by atoms with van der Waals surface area (Å²) in [6.45, 7) is 22.1. The van der Waals surface area contributed by atoms with E-state index in [1.54, 1.807) is 0 Å². The summed E-state index contributed by atoms with van der Waals surface area (Å²) in [5.74, 6) is 0. The minimum absolute atomic E-state index is 1.04. The Morgan fingerprint density at radius 2 is 1.08 bits per heavy atom. The Balaban J connectivity index is 3.45. The highest BCUT2D eigenvalue weighted by molar-refractivity contribution is 6.95. The van der Waals surface area contributed by atoms with Gasteiger partial charge in [-0.05, 0) is 70.9 Å². The predicted octanol–water partition coefficient (Wildman–Crippen LogP) is 5.81. The maximum absolute atomic E-state index is 6.77. The largest absolute Gasteiger partial charge is 0.505 e. The molecule has 0 aliphatic heterocycles. The molecule has 0 aliphatic carbocycles. The second-order valence-electron chi connectivity index (χ2n) is 9.63. The average molecular weight is 427 g/mol. The standard InChI is InChI=1S/C19H38O3Si4/c1-11-12-13-18-14-16-19(17-15-18)26(20-23(2,3)4,21-24(5,6)7)22-25(8,9)10/h12-17H,11H2,1-10H3. The van der Waals surface area contributed by atoms with Gasteiger partial charge in [0.25, 0.3) is 0 Å². The maximum atomic E-state index is 6.77. The van der Waals surface area contributed by atoms with E-state index < -0.39 is 33.8 Å². The van der Waals surface area contributed by atoms with Gasteiger partial charge >= 0.3 is 8.80 Å². The molecule has 1 aromatic rings. The van der Waals surface area contributed by atoms with Crippen LogP contribution < -0.4 is 5.19 Å². The lowest BCUT2D eigenvalue weighted by atomic mass is 10.2. The fourth-order valence-electron chi connectivity index (χ4n) is 2.50. The van der Waals surface area contributed by atoms with E-state index >= 15 is 0 Å². The molecule has 3 nitrogen and oxygen atoms in total. The van der Waals surface area contributed by atoms with Crippen molar-refractivity contribution in [1.29, 1.82) is 0 Å². The fourth-order valence-corrected chi connectivity index (χ4v) is 15.8. The van der Waals surface area contributed by atoms with E-state index in [1.165, 1.54) is 5.56 Å². The quantitative estimate of drug-likeness (QED) is 0.466. The Morgan fingerprint density at radius 1 is 0.692 bits per heavy atom. The van der Waals surface area contributed by atoms with E-state index in [2.05, 4.69) is 102 Å². The van der Waals surface area contributed by atoms with Crippen LogP contribution >= 0.6 is 0 Å². The van der Waals surface area contributed by atoms with Crippen LogP contribution in [0.25, 0.3) is 6.08 Å². The Kier molecular flexibility index (Phi) is 8.04. The second-order valence-corrected chi connectivity index (χ2v) is 26.4. The van der Waals surface area contributed by atoms with Crippen molar-refractivity contribution >= 4 is 45.0 Å². The first-order valence-corrected chi connectivity index (χ1v) is 21.5. The molecule has 0 saturated heterocycles. The SMILES string of the molecule is CCC=Cc1ccc([Si](O[Si](C)(C)C)(O[Si](C)(C)C)O[Si](C)(C)C)cc1. The molecule has 0 atom stereocenters. The zero-order chi connectivity index (χ0) is 20.2. The molecule has 0 spiro atoms. The van der Waals surface area contributed by atoms with Gasteiger partial charge in [-0.1, -0.05) is 43.3 Å². The number of hydrogen-bond donors (Lipinski definition) is 0. The second kappa shape index (κ2) is 8.81. The summed E-state index contributed by atoms with van der Waals surface area (Å²) in [6.07, 6.45) is 5.37. The zero-order valence-corrected chi connectivity index (χ0v) is 22.4. The van der Waals surface area contributed by atoms with Gasteiger partial charge in [-0.3, -0.25) is 0 Å². The van der Waals surface area contributed by atoms with Crippen molar-refractivity contribution in [3.8, 4) is 0 Å². The van der Waals surface area contributed by atoms with Crippen LogP contribution in [0.4, 0.5) is 0 Å². The third-order valence-electron chi connectivity index (χ3n) is 3.13. The normalized spacial score (nSPS) is 14.2. The molecule has 0 amide bonds. The molecule has 1 aromatic carbocycles. The molecule has 0 saturated carbocycles. The summed E-state index contributed by atoms with van der Waals surface area (Å²) < 4.78 is 20.3. The molecule has 1 rings (SSSR count). The van der Waals surface area contributed by atoms with Gasteiger partial charge < -0.3 is 12.3 Å². The van der Waals surface area contributed by atoms with E-state index in [4.69, 9.17) is 12.3 Å². The van der Waals surface area contributed by atoms with Crippen LogP contribution in [0, 0.1) is 0 Å². The van der Waals surface area contributed by atoms with Crippen LogP contribution in [0.1, 0.15) is 18.9 Å². The van der Waals surface area contributed by atoms with Gasteiger partial charge in [0.1, 0.15) is 0 Å². The number of benzene rings is 1. The lowest BCUT2D eigenvalue weighted by molar-refractivity contribution is 0.273. The molecule has 26 heavy (non-hydrogen) atoms. The van der Waals surface area contributed by atoms with Gasteiger partial charge in [0.15, 0.2) is 25.0 Å². The first kappa shape index (κ1) is 23.7. The number of allylic oxidation sites excluding steroid dienone is 1. The Morgan fingerprint density at radius 3 is 1.38 bits per heavy atom. The van der Waals surface area contributed by atoms with E-state index in [-0.39, 0.29) is 0 Å². The van der Waals surface area contributed by atoms with Crippen molar-refractivity contribution in [3.05, 3.63) is 35.9 Å². The first-order chi connectivity index (χ1) is 11.7. The lowest BCUT2D eigenvalue weighted by Gasteiger charge is -2.42. The molecule has 0 N–H and O–H groups in total. The van der Waals surface area contributed by atoms with E-state index in [1.807, 2.05) is 0 Å². The van der Waals surface area contributed by atoms with Crippen molar-refractivity contribution in [2.24, 2.45) is 0 Å². The summed E-state index contributed by atoms with van der Waals surface area (Å²) in [4.78, 5) is 0. The molecule has 7 heteroatoms. The number of hydrogen-bond acceptors (Lipinski definition) is 3. The van der Waals surface area contributed by atoms with Crippen molar-refractivity contribution in [2.45, 2.75) is 72.3 Å². The predicted molar refractivity (Wildman–Crippen MR) is 124 cm³/mol. The molecule has 0 fully saturated rings. The lowest BCUT2D eigenvalue weighted by Crippen LogP contribution is -2.67. The zero-order valence-electron chi connectivity index (χ0n) is 18.4. The van der Waals surface area contributed by atoms with Gasteiger partial charge in [-0.2, -0.15) is 0 Å². The van der Waals surface area contributed by atoms with Gasteiger partial charge in [0, 0.05) is 5.19 Å². The minimum atomic E-state index is -2.97. The highest BCUT2D eigenvalue weighted by Crippen LogP contribution is 2.26. The van der Waals surface area contributed by atoms with Crippen LogP contribution in [-0.2, 0) is 12.3 Å². The summed E-state index contributed by atoms with van der Waals surface area (Å²) in [5.41, 5.74) is 1.20. The van der Waals surface area contributed by atoms with E-state index in [0.29, 0.717) is 0 Å². The molecule has 0 aromatic heterocycles. The molecule has 0 aliphatic rings. The Bertz CT molecular complexity index is 552. The molecular formula is C19H38O3Si4. The number of rotatable bonds is 9. The van der Waals surface area contributed by atoms with Crippen molar-refractivity contribution in [2.75, 3.05) is 0 Å². The Labute approximate surface area is 165 Å². The van der Waals surface area contributed by atoms with E-state index in [9.17, 15) is 0 Å². The van der Waals surface area contributed by atoms with Gasteiger partial charge in [-0.25, -0.2) is 0 Å². The third kappa shape index (κ3) is 8.60. The summed E-state index contributed by atoms with van der Waals surface area (Å²) >= 11 is 0. The van der Waals surface area contributed by atoms with E-state index in [0.717, 1.165) is 11.6 Å². The molecule has 0 unspecified atom stereocenters. The van der Waals surface area contributed by atoms with Crippen molar-refractivity contribution < 1.29 is 12.3 Å². The average Bonchev–Trinajstić information content (AvgIpc) is 2.39. The highest BCUT2D eigenvalue weighted by atomic mass is 28.5. The first-order valence-electron chi connectivity index (χ1n) is 9.53. The van der Waals surface area contributed by atoms with Crippen LogP contribution in [0.15, 0.2) is 30.3 Å². The highest BCUT2D eigenvalue weighted by Gasteiger charge is 2.51. The maximum Gasteiger partial charge on any atom is 0.505 e. The van der Waals surface area contributed by atoms with Crippen molar-refractivity contribution in [1.82, 2.24) is 0 Å². The minimum Gasteiger partial charge on any atom is -0.414 e. The summed E-state index contributed by atoms with van der Waals surface area (Å²) in [5, 5.41) is 1.10.